The van der Waals surface area contributed by atoms with Gasteiger partial charge in [-0.25, -0.2) is 4.39 Å². The topological polar surface area (TPSA) is 42.2 Å². The van der Waals surface area contributed by atoms with E-state index in [1.54, 1.807) is 12.1 Å². The normalized spacial score (nSPS) is 18.5. The maximum atomic E-state index is 14.0. The zero-order valence-corrected chi connectivity index (χ0v) is 15.7. The van der Waals surface area contributed by atoms with E-state index in [9.17, 15) is 14.3 Å². The Kier molecular flexibility index (Phi) is 4.01. The van der Waals surface area contributed by atoms with Gasteiger partial charge in [-0.15, -0.1) is 11.8 Å². The molecule has 0 bridgehead atoms. The van der Waals surface area contributed by atoms with Crippen molar-refractivity contribution in [3.8, 4) is 0 Å². The van der Waals surface area contributed by atoms with Crippen LogP contribution in [0.3, 0.4) is 0 Å². The van der Waals surface area contributed by atoms with Crippen molar-refractivity contribution in [1.82, 2.24) is 4.57 Å². The van der Waals surface area contributed by atoms with E-state index in [0.29, 0.717) is 13.0 Å². The molecule has 2 aromatic carbocycles. The lowest BCUT2D eigenvalue weighted by molar-refractivity contribution is -0.142. The summed E-state index contributed by atoms with van der Waals surface area (Å²) in [5.74, 6) is -0.238. The molecule has 1 N–H and O–H groups in total. The Morgan fingerprint density at radius 3 is 3.00 bits per heavy atom. The van der Waals surface area contributed by atoms with Crippen LogP contribution in [0.15, 0.2) is 41.3 Å². The summed E-state index contributed by atoms with van der Waals surface area (Å²) in [6, 6.07) is 11.4. The maximum Gasteiger partial charge on any atom is 0.308 e. The molecule has 0 radical (unpaired) electrons. The Balaban J connectivity index is 1.66. The number of aliphatic carboxylic acids is 1. The summed E-state index contributed by atoms with van der Waals surface area (Å²) in [6.07, 6.45) is 3.24. The molecule has 0 aliphatic carbocycles. The quantitative estimate of drug-likeness (QED) is 0.717. The highest BCUT2D eigenvalue weighted by molar-refractivity contribution is 7.99. The van der Waals surface area contributed by atoms with Crippen LogP contribution in [0.1, 0.15) is 28.8 Å². The first-order valence-corrected chi connectivity index (χ1v) is 10.4. The fourth-order valence-electron chi connectivity index (χ4n) is 4.61. The zero-order valence-electron chi connectivity index (χ0n) is 14.9. The molecule has 0 amide bonds. The van der Waals surface area contributed by atoms with Crippen molar-refractivity contribution < 1.29 is 14.3 Å². The van der Waals surface area contributed by atoms with Crippen molar-refractivity contribution in [2.45, 2.75) is 37.1 Å². The second kappa shape index (κ2) is 6.41. The van der Waals surface area contributed by atoms with Crippen LogP contribution in [-0.4, -0.2) is 21.4 Å². The number of hydrogen-bond donors (Lipinski definition) is 1. The molecule has 27 heavy (non-hydrogen) atoms. The molecule has 138 valence electrons. The number of aromatic nitrogens is 1. The minimum atomic E-state index is -0.746. The van der Waals surface area contributed by atoms with Crippen LogP contribution in [0.5, 0.6) is 0 Å². The smallest absolute Gasteiger partial charge is 0.308 e. The standard InChI is InChI=1S/C22H20FNO2S/c23-15-5-7-20-18(11-15)17(19-6-4-14(22(25)26)12-24(19)20)10-13-2-1-3-21-16(13)8-9-27-21/h1-3,5,7,11,14H,4,6,8-10,12H2,(H,25,26). The highest BCUT2D eigenvalue weighted by Gasteiger charge is 2.29. The minimum absolute atomic E-state index is 0.240. The number of fused-ring (bicyclic) bond motifs is 4. The van der Waals surface area contributed by atoms with Gasteiger partial charge in [0.2, 0.25) is 0 Å². The summed E-state index contributed by atoms with van der Waals surface area (Å²) in [7, 11) is 0. The summed E-state index contributed by atoms with van der Waals surface area (Å²) < 4.78 is 16.2. The van der Waals surface area contributed by atoms with Crippen LogP contribution in [0.25, 0.3) is 10.9 Å². The molecule has 2 aliphatic rings. The Hall–Kier alpha value is -2.27. The molecule has 0 saturated heterocycles. The highest BCUT2D eigenvalue weighted by Crippen LogP contribution is 2.38. The molecular weight excluding hydrogens is 361 g/mol. The lowest BCUT2D eigenvalue weighted by Gasteiger charge is -2.23. The SMILES string of the molecule is O=C(O)C1CCc2c(Cc3cccc4c3CCS4)c3cc(F)ccc3n2C1. The molecule has 1 atom stereocenters. The van der Waals surface area contributed by atoms with Crippen molar-refractivity contribution >= 4 is 28.6 Å². The molecule has 1 aromatic heterocycles. The van der Waals surface area contributed by atoms with Gasteiger partial charge in [0.1, 0.15) is 5.82 Å². The molecule has 5 rings (SSSR count). The molecule has 0 saturated carbocycles. The van der Waals surface area contributed by atoms with E-state index in [1.807, 2.05) is 11.8 Å². The molecule has 3 aromatic rings. The van der Waals surface area contributed by atoms with E-state index in [0.717, 1.165) is 35.9 Å². The second-order valence-corrected chi connectivity index (χ2v) is 8.58. The first-order chi connectivity index (χ1) is 13.1. The van der Waals surface area contributed by atoms with Gasteiger partial charge in [0.25, 0.3) is 0 Å². The first kappa shape index (κ1) is 16.9. The third-order valence-corrected chi connectivity index (χ3v) is 7.04. The van der Waals surface area contributed by atoms with E-state index in [4.69, 9.17) is 0 Å². The van der Waals surface area contributed by atoms with Gasteiger partial charge in [-0.3, -0.25) is 4.79 Å². The van der Waals surface area contributed by atoms with Gasteiger partial charge in [-0.1, -0.05) is 12.1 Å². The lowest BCUT2D eigenvalue weighted by Crippen LogP contribution is -2.26. The number of nitrogens with zero attached hydrogens (tertiary/aromatic N) is 1. The van der Waals surface area contributed by atoms with Gasteiger partial charge in [0, 0.05) is 40.2 Å². The van der Waals surface area contributed by atoms with Crippen molar-refractivity contribution in [3.05, 3.63) is 64.6 Å². The number of carbonyl (C=O) groups is 1. The fraction of sp³-hybridized carbons (Fsp3) is 0.318. The average Bonchev–Trinajstić information content (AvgIpc) is 3.25. The van der Waals surface area contributed by atoms with Gasteiger partial charge in [-0.05, 0) is 60.2 Å². The number of benzene rings is 2. The number of carboxylic acid groups (broad SMARTS) is 1. The summed E-state index contributed by atoms with van der Waals surface area (Å²) >= 11 is 1.90. The minimum Gasteiger partial charge on any atom is -0.481 e. The lowest BCUT2D eigenvalue weighted by atomic mass is 9.92. The van der Waals surface area contributed by atoms with Crippen LogP contribution in [-0.2, 0) is 30.6 Å². The van der Waals surface area contributed by atoms with Gasteiger partial charge in [0.05, 0.1) is 5.92 Å². The van der Waals surface area contributed by atoms with E-state index in [-0.39, 0.29) is 11.7 Å². The van der Waals surface area contributed by atoms with Gasteiger partial charge >= 0.3 is 5.97 Å². The van der Waals surface area contributed by atoms with Crippen LogP contribution in [0.4, 0.5) is 4.39 Å². The second-order valence-electron chi connectivity index (χ2n) is 7.44. The fourth-order valence-corrected chi connectivity index (χ4v) is 5.72. The predicted octanol–water partition coefficient (Wildman–Crippen LogP) is 4.67. The van der Waals surface area contributed by atoms with Crippen LogP contribution < -0.4 is 0 Å². The first-order valence-electron chi connectivity index (χ1n) is 9.37. The van der Waals surface area contributed by atoms with Gasteiger partial charge < -0.3 is 9.67 Å². The molecule has 2 aliphatic heterocycles. The zero-order chi connectivity index (χ0) is 18.5. The third kappa shape index (κ3) is 2.76. The van der Waals surface area contributed by atoms with Crippen LogP contribution >= 0.6 is 11.8 Å². The Labute approximate surface area is 161 Å². The summed E-state index contributed by atoms with van der Waals surface area (Å²) in [6.45, 7) is 0.468. The van der Waals surface area contributed by atoms with Crippen molar-refractivity contribution in [1.29, 1.82) is 0 Å². The molecule has 0 spiro atoms. The maximum absolute atomic E-state index is 14.0. The Bertz CT molecular complexity index is 1070. The molecule has 5 heteroatoms. The molecule has 0 fully saturated rings. The molecule has 3 nitrogen and oxygen atoms in total. The van der Waals surface area contributed by atoms with Crippen molar-refractivity contribution in [3.63, 3.8) is 0 Å². The highest BCUT2D eigenvalue weighted by atomic mass is 32.2. The molecule has 1 unspecified atom stereocenters. The van der Waals surface area contributed by atoms with E-state index in [1.165, 1.54) is 33.3 Å². The average molecular weight is 381 g/mol. The van der Waals surface area contributed by atoms with Gasteiger partial charge in [0.15, 0.2) is 0 Å². The van der Waals surface area contributed by atoms with Crippen LogP contribution in [0.2, 0.25) is 0 Å². The largest absolute Gasteiger partial charge is 0.481 e. The van der Waals surface area contributed by atoms with Crippen molar-refractivity contribution in [2.75, 3.05) is 5.75 Å². The van der Waals surface area contributed by atoms with Gasteiger partial charge in [-0.2, -0.15) is 0 Å². The molecular formula is C22H20FNO2S. The Morgan fingerprint density at radius 1 is 1.26 bits per heavy atom. The number of halogens is 1. The summed E-state index contributed by atoms with van der Waals surface area (Å²) in [4.78, 5) is 12.9. The Morgan fingerprint density at radius 2 is 2.15 bits per heavy atom. The number of thioether (sulfide) groups is 1. The number of carboxylic acids is 1. The number of hydrogen-bond acceptors (Lipinski definition) is 2. The monoisotopic (exact) mass is 381 g/mol. The van der Waals surface area contributed by atoms with E-state index < -0.39 is 5.97 Å². The molecule has 3 heterocycles. The van der Waals surface area contributed by atoms with E-state index in [2.05, 4.69) is 22.8 Å². The summed E-state index contributed by atoms with van der Waals surface area (Å²) in [5.41, 5.74) is 6.04. The van der Waals surface area contributed by atoms with E-state index >= 15 is 0 Å². The predicted molar refractivity (Wildman–Crippen MR) is 105 cm³/mol. The third-order valence-electron chi connectivity index (χ3n) is 5.94. The number of rotatable bonds is 3. The van der Waals surface area contributed by atoms with Crippen molar-refractivity contribution in [2.24, 2.45) is 5.92 Å². The summed E-state index contributed by atoms with van der Waals surface area (Å²) in [5, 5.41) is 10.4. The van der Waals surface area contributed by atoms with Crippen LogP contribution in [0, 0.1) is 11.7 Å².